The van der Waals surface area contributed by atoms with E-state index in [1.165, 1.54) is 19.2 Å². The zero-order valence-corrected chi connectivity index (χ0v) is 11.8. The van der Waals surface area contributed by atoms with Crippen LogP contribution in [0.2, 0.25) is 0 Å². The highest BCUT2D eigenvalue weighted by Gasteiger charge is 2.31. The molecule has 0 unspecified atom stereocenters. The Hall–Kier alpha value is -2.10. The zero-order valence-electron chi connectivity index (χ0n) is 11.8. The first-order chi connectivity index (χ1) is 10.2. The molecule has 3 rings (SSSR count). The van der Waals surface area contributed by atoms with Crippen molar-refractivity contribution in [2.75, 3.05) is 12.4 Å². The number of halogens is 2. The molecule has 2 nitrogen and oxygen atoms in total. The molecule has 0 spiro atoms. The van der Waals surface area contributed by atoms with E-state index >= 15 is 0 Å². The second-order valence-corrected chi connectivity index (χ2v) is 5.38. The van der Waals surface area contributed by atoms with Crippen LogP contribution in [0.4, 0.5) is 14.5 Å². The quantitative estimate of drug-likeness (QED) is 0.904. The fourth-order valence-electron chi connectivity index (χ4n) is 2.79. The molecule has 0 saturated heterocycles. The molecule has 4 heteroatoms. The summed E-state index contributed by atoms with van der Waals surface area (Å²) in [5.74, 6) is -0.0471. The molecule has 21 heavy (non-hydrogen) atoms. The first-order valence-corrected chi connectivity index (χ1v) is 7.02. The van der Waals surface area contributed by atoms with Crippen molar-refractivity contribution in [2.45, 2.75) is 24.8 Å². The Kier molecular flexibility index (Phi) is 3.78. The van der Waals surface area contributed by atoms with Gasteiger partial charge in [-0.2, -0.15) is 0 Å². The fraction of sp³-hybridized carbons (Fsp3) is 0.294. The summed E-state index contributed by atoms with van der Waals surface area (Å²) < 4.78 is 32.2. The van der Waals surface area contributed by atoms with Crippen LogP contribution in [0.25, 0.3) is 0 Å². The minimum Gasteiger partial charge on any atom is -0.494 e. The molecular weight excluding hydrogens is 272 g/mol. The lowest BCUT2D eigenvalue weighted by Gasteiger charge is -2.37. The van der Waals surface area contributed by atoms with Gasteiger partial charge in [0.25, 0.3) is 0 Å². The molecule has 1 aliphatic carbocycles. The Labute approximate surface area is 122 Å². The number of hydrogen-bond donors (Lipinski definition) is 1. The van der Waals surface area contributed by atoms with Gasteiger partial charge < -0.3 is 10.1 Å². The molecule has 2 aromatic carbocycles. The Bertz CT molecular complexity index is 638. The van der Waals surface area contributed by atoms with Crippen molar-refractivity contribution in [2.24, 2.45) is 0 Å². The SMILES string of the molecule is COc1ccc(NC2CC(c3ccccc3F)C2)cc1F. The molecule has 1 saturated carbocycles. The lowest BCUT2D eigenvalue weighted by molar-refractivity contribution is 0.362. The van der Waals surface area contributed by atoms with Gasteiger partial charge in [0.1, 0.15) is 5.82 Å². The van der Waals surface area contributed by atoms with Crippen LogP contribution < -0.4 is 10.1 Å². The molecule has 1 N–H and O–H groups in total. The molecule has 0 amide bonds. The topological polar surface area (TPSA) is 21.3 Å². The maximum atomic E-state index is 13.7. The predicted molar refractivity (Wildman–Crippen MR) is 78.7 cm³/mol. The number of benzene rings is 2. The van der Waals surface area contributed by atoms with Gasteiger partial charge in [0.05, 0.1) is 7.11 Å². The Balaban J connectivity index is 1.60. The summed E-state index contributed by atoms with van der Waals surface area (Å²) >= 11 is 0. The van der Waals surface area contributed by atoms with Crippen molar-refractivity contribution in [3.63, 3.8) is 0 Å². The van der Waals surface area contributed by atoms with E-state index in [2.05, 4.69) is 5.32 Å². The molecular formula is C17H17F2NO. The van der Waals surface area contributed by atoms with E-state index in [1.54, 1.807) is 18.2 Å². The van der Waals surface area contributed by atoms with Gasteiger partial charge in [-0.3, -0.25) is 0 Å². The van der Waals surface area contributed by atoms with Gasteiger partial charge in [-0.15, -0.1) is 0 Å². The molecule has 1 aliphatic rings. The zero-order chi connectivity index (χ0) is 14.8. The maximum absolute atomic E-state index is 13.7. The summed E-state index contributed by atoms with van der Waals surface area (Å²) in [4.78, 5) is 0. The first-order valence-electron chi connectivity index (χ1n) is 7.02. The average molecular weight is 289 g/mol. The molecule has 2 aromatic rings. The van der Waals surface area contributed by atoms with Crippen LogP contribution >= 0.6 is 0 Å². The molecule has 0 radical (unpaired) electrons. The van der Waals surface area contributed by atoms with Gasteiger partial charge in [-0.1, -0.05) is 18.2 Å². The van der Waals surface area contributed by atoms with E-state index < -0.39 is 0 Å². The van der Waals surface area contributed by atoms with Gasteiger partial charge in [-0.25, -0.2) is 8.78 Å². The minimum absolute atomic E-state index is 0.142. The monoisotopic (exact) mass is 289 g/mol. The van der Waals surface area contributed by atoms with E-state index in [4.69, 9.17) is 4.74 Å². The Morgan fingerprint density at radius 1 is 1.05 bits per heavy atom. The van der Waals surface area contributed by atoms with Gasteiger partial charge in [0.2, 0.25) is 0 Å². The highest BCUT2D eigenvalue weighted by molar-refractivity contribution is 5.48. The van der Waals surface area contributed by atoms with Crippen molar-refractivity contribution in [3.8, 4) is 5.75 Å². The number of anilines is 1. The van der Waals surface area contributed by atoms with Crippen LogP contribution in [0.1, 0.15) is 24.3 Å². The second-order valence-electron chi connectivity index (χ2n) is 5.38. The number of rotatable bonds is 4. The second kappa shape index (κ2) is 5.72. The molecule has 0 heterocycles. The Morgan fingerprint density at radius 3 is 2.48 bits per heavy atom. The third-order valence-electron chi connectivity index (χ3n) is 4.01. The third kappa shape index (κ3) is 2.84. The first kappa shape index (κ1) is 13.9. The van der Waals surface area contributed by atoms with E-state index in [1.807, 2.05) is 12.1 Å². The van der Waals surface area contributed by atoms with Crippen molar-refractivity contribution in [1.82, 2.24) is 0 Å². The van der Waals surface area contributed by atoms with E-state index in [-0.39, 0.29) is 29.3 Å². The number of nitrogens with one attached hydrogen (secondary N) is 1. The highest BCUT2D eigenvalue weighted by atomic mass is 19.1. The molecule has 0 aliphatic heterocycles. The summed E-state index contributed by atoms with van der Waals surface area (Å²) in [5.41, 5.74) is 1.50. The summed E-state index contributed by atoms with van der Waals surface area (Å²) in [6.07, 6.45) is 1.71. The molecule has 110 valence electrons. The lowest BCUT2D eigenvalue weighted by Crippen LogP contribution is -2.34. The van der Waals surface area contributed by atoms with Crippen LogP contribution in [0.5, 0.6) is 5.75 Å². The van der Waals surface area contributed by atoms with Gasteiger partial charge in [0, 0.05) is 17.8 Å². The summed E-state index contributed by atoms with van der Waals surface area (Å²) in [6.45, 7) is 0. The smallest absolute Gasteiger partial charge is 0.167 e. The molecule has 0 bridgehead atoms. The van der Waals surface area contributed by atoms with Crippen molar-refractivity contribution in [1.29, 1.82) is 0 Å². The standard InChI is InChI=1S/C17H17F2NO/c1-21-17-7-6-12(10-16(17)19)20-13-8-11(9-13)14-4-2-3-5-15(14)18/h2-7,10-11,13,20H,8-9H2,1H3. The van der Waals surface area contributed by atoms with E-state index in [0.29, 0.717) is 0 Å². The summed E-state index contributed by atoms with van der Waals surface area (Å²) in [6, 6.07) is 12.0. The van der Waals surface area contributed by atoms with Crippen LogP contribution in [-0.4, -0.2) is 13.2 Å². The Morgan fingerprint density at radius 2 is 1.81 bits per heavy atom. The fourth-order valence-corrected chi connectivity index (χ4v) is 2.79. The predicted octanol–water partition coefficient (Wildman–Crippen LogP) is 4.33. The molecule has 1 fully saturated rings. The van der Waals surface area contributed by atoms with Crippen LogP contribution in [-0.2, 0) is 0 Å². The average Bonchev–Trinajstić information content (AvgIpc) is 2.44. The van der Waals surface area contributed by atoms with E-state index in [9.17, 15) is 8.78 Å². The number of ether oxygens (including phenoxy) is 1. The van der Waals surface area contributed by atoms with E-state index in [0.717, 1.165) is 24.1 Å². The van der Waals surface area contributed by atoms with Crippen LogP contribution in [0.15, 0.2) is 42.5 Å². The summed E-state index contributed by atoms with van der Waals surface area (Å²) in [7, 11) is 1.44. The van der Waals surface area contributed by atoms with Gasteiger partial charge >= 0.3 is 0 Å². The van der Waals surface area contributed by atoms with Crippen molar-refractivity contribution < 1.29 is 13.5 Å². The van der Waals surface area contributed by atoms with Gasteiger partial charge in [-0.05, 0) is 42.5 Å². The number of hydrogen-bond acceptors (Lipinski definition) is 2. The summed E-state index contributed by atoms with van der Waals surface area (Å²) in [5, 5.41) is 3.27. The van der Waals surface area contributed by atoms with Crippen molar-refractivity contribution in [3.05, 3.63) is 59.7 Å². The minimum atomic E-state index is -0.382. The van der Waals surface area contributed by atoms with Crippen LogP contribution in [0.3, 0.4) is 0 Å². The van der Waals surface area contributed by atoms with Crippen LogP contribution in [0, 0.1) is 11.6 Å². The molecule has 0 aromatic heterocycles. The highest BCUT2D eigenvalue weighted by Crippen LogP contribution is 2.39. The lowest BCUT2D eigenvalue weighted by atomic mass is 9.75. The third-order valence-corrected chi connectivity index (χ3v) is 4.01. The van der Waals surface area contributed by atoms with Crippen molar-refractivity contribution >= 4 is 5.69 Å². The maximum Gasteiger partial charge on any atom is 0.167 e. The number of methoxy groups -OCH3 is 1. The normalized spacial score (nSPS) is 20.7. The largest absolute Gasteiger partial charge is 0.494 e. The molecule has 0 atom stereocenters. The van der Waals surface area contributed by atoms with Gasteiger partial charge in [0.15, 0.2) is 11.6 Å².